The average Bonchev–Trinajstić information content (AvgIpc) is 3.19. The van der Waals surface area contributed by atoms with Gasteiger partial charge in [-0.05, 0) is 23.6 Å². The maximum absolute atomic E-state index is 12.6. The first-order valence-electron chi connectivity index (χ1n) is 7.14. The Morgan fingerprint density at radius 2 is 2.25 bits per heavy atom. The molecule has 8 heteroatoms. The number of halogens is 1. The van der Waals surface area contributed by atoms with E-state index in [4.69, 9.17) is 11.6 Å². The van der Waals surface area contributed by atoms with Gasteiger partial charge < -0.3 is 4.90 Å². The van der Waals surface area contributed by atoms with E-state index in [0.717, 1.165) is 4.88 Å². The molecule has 0 saturated heterocycles. The van der Waals surface area contributed by atoms with Gasteiger partial charge in [0.1, 0.15) is 11.4 Å². The van der Waals surface area contributed by atoms with Gasteiger partial charge in [-0.3, -0.25) is 14.2 Å². The van der Waals surface area contributed by atoms with E-state index in [-0.39, 0.29) is 18.0 Å². The fourth-order valence-corrected chi connectivity index (χ4v) is 4.11. The van der Waals surface area contributed by atoms with Gasteiger partial charge >= 0.3 is 0 Å². The van der Waals surface area contributed by atoms with E-state index < -0.39 is 0 Å². The van der Waals surface area contributed by atoms with Crippen molar-refractivity contribution in [2.24, 2.45) is 0 Å². The number of carbonyl (C=O) groups is 1. The lowest BCUT2D eigenvalue weighted by atomic mass is 10.3. The minimum Gasteiger partial charge on any atom is -0.332 e. The van der Waals surface area contributed by atoms with Gasteiger partial charge in [0.25, 0.3) is 5.56 Å². The third kappa shape index (κ3) is 3.58. The Labute approximate surface area is 151 Å². The van der Waals surface area contributed by atoms with Crippen molar-refractivity contribution < 1.29 is 4.79 Å². The molecule has 0 aromatic carbocycles. The number of carbonyl (C=O) groups excluding carboxylic acids is 1. The Hall–Kier alpha value is -1.96. The summed E-state index contributed by atoms with van der Waals surface area (Å²) in [4.78, 5) is 32.5. The van der Waals surface area contributed by atoms with E-state index in [2.05, 4.69) is 11.6 Å². The maximum Gasteiger partial charge on any atom is 0.262 e. The van der Waals surface area contributed by atoms with Crippen LogP contribution in [-0.4, -0.2) is 26.9 Å². The summed E-state index contributed by atoms with van der Waals surface area (Å²) in [6.45, 7) is 4.48. The van der Waals surface area contributed by atoms with E-state index >= 15 is 0 Å². The molecule has 0 bridgehead atoms. The molecule has 3 aromatic rings. The highest BCUT2D eigenvalue weighted by atomic mass is 35.5. The zero-order valence-corrected chi connectivity index (χ0v) is 15.0. The number of thiophene rings is 2. The predicted octanol–water partition coefficient (Wildman–Crippen LogP) is 3.39. The monoisotopic (exact) mass is 379 g/mol. The van der Waals surface area contributed by atoms with Gasteiger partial charge in [0, 0.05) is 11.4 Å². The molecule has 0 aliphatic heterocycles. The Bertz CT molecular complexity index is 944. The van der Waals surface area contributed by atoms with Gasteiger partial charge in [0.05, 0.1) is 22.6 Å². The van der Waals surface area contributed by atoms with E-state index in [1.54, 1.807) is 23.1 Å². The highest BCUT2D eigenvalue weighted by molar-refractivity contribution is 7.16. The summed E-state index contributed by atoms with van der Waals surface area (Å²) in [5.74, 6) is -0.169. The van der Waals surface area contributed by atoms with Crippen LogP contribution in [0.4, 0.5) is 0 Å². The predicted molar refractivity (Wildman–Crippen MR) is 98.8 cm³/mol. The lowest BCUT2D eigenvalue weighted by molar-refractivity contribution is -0.131. The minimum atomic E-state index is -0.202. The molecule has 0 saturated carbocycles. The summed E-state index contributed by atoms with van der Waals surface area (Å²) < 4.78 is 2.02. The molecule has 3 heterocycles. The fourth-order valence-electron chi connectivity index (χ4n) is 2.29. The molecule has 0 spiro atoms. The molecule has 0 atom stereocenters. The molecule has 3 rings (SSSR count). The van der Waals surface area contributed by atoms with Crippen molar-refractivity contribution in [2.75, 3.05) is 6.54 Å². The van der Waals surface area contributed by atoms with Crippen molar-refractivity contribution >= 4 is 50.4 Å². The molecule has 0 aliphatic carbocycles. The Balaban J connectivity index is 1.80. The van der Waals surface area contributed by atoms with Gasteiger partial charge in [0.15, 0.2) is 0 Å². The van der Waals surface area contributed by atoms with Gasteiger partial charge in [-0.2, -0.15) is 0 Å². The number of nitrogens with zero attached hydrogens (tertiary/aromatic N) is 3. The number of fused-ring (bicyclic) bond motifs is 1. The SMILES string of the molecule is C=CCN(Cc1ccc(Cl)s1)C(=O)Cn1cnc2sccc2c1=O. The Morgan fingerprint density at radius 1 is 1.42 bits per heavy atom. The van der Waals surface area contributed by atoms with Crippen LogP contribution < -0.4 is 5.56 Å². The van der Waals surface area contributed by atoms with Crippen molar-refractivity contribution in [3.8, 4) is 0 Å². The van der Waals surface area contributed by atoms with E-state index in [1.165, 1.54) is 33.6 Å². The molecule has 0 fully saturated rings. The summed E-state index contributed by atoms with van der Waals surface area (Å²) in [6, 6.07) is 5.42. The average molecular weight is 380 g/mol. The van der Waals surface area contributed by atoms with Crippen molar-refractivity contribution in [3.05, 3.63) is 62.1 Å². The maximum atomic E-state index is 12.6. The van der Waals surface area contributed by atoms with Crippen molar-refractivity contribution in [2.45, 2.75) is 13.1 Å². The van der Waals surface area contributed by atoms with Crippen molar-refractivity contribution in [1.82, 2.24) is 14.5 Å². The topological polar surface area (TPSA) is 55.2 Å². The molecule has 0 unspecified atom stereocenters. The summed E-state index contributed by atoms with van der Waals surface area (Å²) >= 11 is 8.77. The summed E-state index contributed by atoms with van der Waals surface area (Å²) in [5.41, 5.74) is -0.202. The zero-order valence-electron chi connectivity index (χ0n) is 12.6. The molecule has 1 amide bonds. The standard InChI is InChI=1S/C16H14ClN3O2S2/c1-2-6-19(8-11-3-4-13(17)24-11)14(21)9-20-10-18-15-12(16(20)22)5-7-23-15/h2-5,7,10H,1,6,8-9H2. The summed E-state index contributed by atoms with van der Waals surface area (Å²) in [6.07, 6.45) is 3.09. The summed E-state index contributed by atoms with van der Waals surface area (Å²) in [7, 11) is 0. The molecule has 24 heavy (non-hydrogen) atoms. The molecule has 0 N–H and O–H groups in total. The van der Waals surface area contributed by atoms with Crippen LogP contribution in [-0.2, 0) is 17.9 Å². The summed E-state index contributed by atoms with van der Waals surface area (Å²) in [5, 5.41) is 2.35. The second kappa shape index (κ2) is 7.29. The van der Waals surface area contributed by atoms with Crippen molar-refractivity contribution in [3.63, 3.8) is 0 Å². The second-order valence-corrected chi connectivity index (χ2v) is 7.78. The van der Waals surface area contributed by atoms with Gasteiger partial charge in [0.2, 0.25) is 5.91 Å². The normalized spacial score (nSPS) is 10.9. The largest absolute Gasteiger partial charge is 0.332 e. The van der Waals surface area contributed by atoms with Crippen LogP contribution >= 0.6 is 34.3 Å². The first-order chi connectivity index (χ1) is 11.6. The highest BCUT2D eigenvalue weighted by Crippen LogP contribution is 2.22. The van der Waals surface area contributed by atoms with Gasteiger partial charge in [-0.25, -0.2) is 4.98 Å². The number of amides is 1. The van der Waals surface area contributed by atoms with Crippen LogP contribution in [0.1, 0.15) is 4.88 Å². The van der Waals surface area contributed by atoms with E-state index in [0.29, 0.717) is 27.6 Å². The van der Waals surface area contributed by atoms with Crippen molar-refractivity contribution in [1.29, 1.82) is 0 Å². The number of hydrogen-bond acceptors (Lipinski definition) is 5. The molecular weight excluding hydrogens is 366 g/mol. The quantitative estimate of drug-likeness (QED) is 0.617. The smallest absolute Gasteiger partial charge is 0.262 e. The number of hydrogen-bond donors (Lipinski definition) is 0. The molecule has 124 valence electrons. The second-order valence-electron chi connectivity index (χ2n) is 5.09. The zero-order chi connectivity index (χ0) is 17.1. The first kappa shape index (κ1) is 16.9. The van der Waals surface area contributed by atoms with Crippen LogP contribution in [0, 0.1) is 0 Å². The highest BCUT2D eigenvalue weighted by Gasteiger charge is 2.16. The number of aromatic nitrogens is 2. The molecular formula is C16H14ClN3O2S2. The fraction of sp³-hybridized carbons (Fsp3) is 0.188. The van der Waals surface area contributed by atoms with E-state index in [9.17, 15) is 9.59 Å². The van der Waals surface area contributed by atoms with Crippen LogP contribution in [0.25, 0.3) is 10.2 Å². The van der Waals surface area contributed by atoms with E-state index in [1.807, 2.05) is 11.4 Å². The van der Waals surface area contributed by atoms with Gasteiger partial charge in [-0.15, -0.1) is 29.3 Å². The lowest BCUT2D eigenvalue weighted by Gasteiger charge is -2.20. The third-order valence-corrected chi connectivity index (χ3v) is 5.47. The van der Waals surface area contributed by atoms with Crippen LogP contribution in [0.3, 0.4) is 0 Å². The Morgan fingerprint density at radius 3 is 2.96 bits per heavy atom. The molecule has 3 aromatic heterocycles. The van der Waals surface area contributed by atoms with Crippen LogP contribution in [0.2, 0.25) is 4.34 Å². The Kier molecular flexibility index (Phi) is 5.13. The number of rotatable bonds is 6. The lowest BCUT2D eigenvalue weighted by Crippen LogP contribution is -2.36. The first-order valence-corrected chi connectivity index (χ1v) is 9.21. The van der Waals surface area contributed by atoms with Crippen LogP contribution in [0.15, 0.2) is 47.4 Å². The minimum absolute atomic E-state index is 0.0510. The van der Waals surface area contributed by atoms with Gasteiger partial charge in [-0.1, -0.05) is 17.7 Å². The molecule has 5 nitrogen and oxygen atoms in total. The third-order valence-electron chi connectivity index (χ3n) is 3.43. The van der Waals surface area contributed by atoms with Crippen LogP contribution in [0.5, 0.6) is 0 Å². The molecule has 0 radical (unpaired) electrons. The molecule has 0 aliphatic rings.